The van der Waals surface area contributed by atoms with Crippen LogP contribution in [0.15, 0.2) is 12.1 Å². The molecule has 0 spiro atoms. The van der Waals surface area contributed by atoms with Gasteiger partial charge in [0.1, 0.15) is 16.6 Å². The molecule has 1 aromatic carbocycles. The van der Waals surface area contributed by atoms with Crippen molar-refractivity contribution in [2.24, 2.45) is 5.73 Å². The van der Waals surface area contributed by atoms with Gasteiger partial charge in [0.15, 0.2) is 0 Å². The molecule has 1 rings (SSSR count). The summed E-state index contributed by atoms with van der Waals surface area (Å²) in [5.74, 6) is -0.192. The summed E-state index contributed by atoms with van der Waals surface area (Å²) in [6.07, 6.45) is 0. The summed E-state index contributed by atoms with van der Waals surface area (Å²) in [5, 5.41) is -0.00750. The molecule has 13 heavy (non-hydrogen) atoms. The number of halogens is 2. The van der Waals surface area contributed by atoms with Gasteiger partial charge in [0, 0.05) is 6.04 Å². The molecule has 0 heterocycles. The van der Waals surface area contributed by atoms with Gasteiger partial charge in [-0.25, -0.2) is 4.39 Å². The van der Waals surface area contributed by atoms with Gasteiger partial charge in [0.2, 0.25) is 0 Å². The first-order chi connectivity index (χ1) is 6.06. The molecule has 1 unspecified atom stereocenters. The predicted molar refractivity (Wildman–Crippen MR) is 50.6 cm³/mol. The Hall–Kier alpha value is -0.800. The van der Waals surface area contributed by atoms with Crippen LogP contribution in [0.4, 0.5) is 4.39 Å². The average Bonchev–Trinajstić information content (AvgIpc) is 2.09. The summed E-state index contributed by atoms with van der Waals surface area (Å²) < 4.78 is 18.0. The highest BCUT2D eigenvalue weighted by Crippen LogP contribution is 2.30. The number of methoxy groups -OCH3 is 1. The molecule has 0 fully saturated rings. The van der Waals surface area contributed by atoms with Crippen LogP contribution in [0.25, 0.3) is 0 Å². The van der Waals surface area contributed by atoms with Crippen molar-refractivity contribution in [2.45, 2.75) is 13.0 Å². The maximum absolute atomic E-state index is 13.1. The van der Waals surface area contributed by atoms with Crippen LogP contribution >= 0.6 is 11.6 Å². The molecule has 0 saturated heterocycles. The Balaban J connectivity index is 3.22. The van der Waals surface area contributed by atoms with Gasteiger partial charge in [0.05, 0.1) is 7.11 Å². The standard InChI is InChI=1S/C9H11ClFNO/c1-5(12)6-3-7(11)9(10)8(4-6)13-2/h3-5H,12H2,1-2H3. The SMILES string of the molecule is COc1cc(C(C)N)cc(F)c1Cl. The molecule has 0 amide bonds. The monoisotopic (exact) mass is 203 g/mol. The van der Waals surface area contributed by atoms with Crippen LogP contribution in [-0.4, -0.2) is 7.11 Å². The van der Waals surface area contributed by atoms with Crippen molar-refractivity contribution in [2.75, 3.05) is 7.11 Å². The zero-order valence-electron chi connectivity index (χ0n) is 7.47. The third-order valence-corrected chi connectivity index (χ3v) is 2.13. The smallest absolute Gasteiger partial charge is 0.145 e. The Morgan fingerprint density at radius 2 is 2.15 bits per heavy atom. The number of hydrogen-bond donors (Lipinski definition) is 1. The highest BCUT2D eigenvalue weighted by atomic mass is 35.5. The van der Waals surface area contributed by atoms with Gasteiger partial charge in [-0.2, -0.15) is 0 Å². The van der Waals surface area contributed by atoms with Gasteiger partial charge >= 0.3 is 0 Å². The van der Waals surface area contributed by atoms with Crippen LogP contribution in [0.3, 0.4) is 0 Å². The number of hydrogen-bond acceptors (Lipinski definition) is 2. The Kier molecular flexibility index (Phi) is 3.12. The second-order valence-corrected chi connectivity index (χ2v) is 3.19. The van der Waals surface area contributed by atoms with Crippen LogP contribution in [-0.2, 0) is 0 Å². The molecule has 0 aliphatic carbocycles. The van der Waals surface area contributed by atoms with Crippen LogP contribution in [0.2, 0.25) is 5.02 Å². The lowest BCUT2D eigenvalue weighted by Crippen LogP contribution is -2.05. The topological polar surface area (TPSA) is 35.2 Å². The Labute approximate surface area is 81.4 Å². The zero-order chi connectivity index (χ0) is 10.0. The minimum absolute atomic E-state index is 0.00750. The van der Waals surface area contributed by atoms with Gasteiger partial charge in [0.25, 0.3) is 0 Å². The van der Waals surface area contributed by atoms with E-state index in [0.29, 0.717) is 11.3 Å². The lowest BCUT2D eigenvalue weighted by atomic mass is 10.1. The molecule has 0 bridgehead atoms. The molecule has 0 aliphatic rings. The van der Waals surface area contributed by atoms with Gasteiger partial charge in [-0.1, -0.05) is 11.6 Å². The van der Waals surface area contributed by atoms with Gasteiger partial charge in [-0.05, 0) is 24.6 Å². The van der Waals surface area contributed by atoms with E-state index in [9.17, 15) is 4.39 Å². The number of nitrogens with two attached hydrogens (primary N) is 1. The van der Waals surface area contributed by atoms with E-state index in [1.807, 2.05) is 0 Å². The highest BCUT2D eigenvalue weighted by molar-refractivity contribution is 6.32. The quantitative estimate of drug-likeness (QED) is 0.802. The molecule has 0 radical (unpaired) electrons. The summed E-state index contributed by atoms with van der Waals surface area (Å²) in [6, 6.07) is 2.71. The van der Waals surface area contributed by atoms with E-state index in [1.54, 1.807) is 13.0 Å². The summed E-state index contributed by atoms with van der Waals surface area (Å²) in [7, 11) is 1.44. The summed E-state index contributed by atoms with van der Waals surface area (Å²) in [5.41, 5.74) is 6.26. The molecule has 2 N–H and O–H groups in total. The van der Waals surface area contributed by atoms with Gasteiger partial charge < -0.3 is 10.5 Å². The van der Waals surface area contributed by atoms with E-state index in [-0.39, 0.29) is 11.1 Å². The van der Waals surface area contributed by atoms with Crippen molar-refractivity contribution in [3.63, 3.8) is 0 Å². The third-order valence-electron chi connectivity index (χ3n) is 1.76. The zero-order valence-corrected chi connectivity index (χ0v) is 8.23. The molecule has 72 valence electrons. The summed E-state index contributed by atoms with van der Waals surface area (Å²) in [6.45, 7) is 1.77. The Morgan fingerprint density at radius 3 is 2.62 bits per heavy atom. The van der Waals surface area contributed by atoms with Crippen LogP contribution < -0.4 is 10.5 Å². The number of rotatable bonds is 2. The van der Waals surface area contributed by atoms with Gasteiger partial charge in [-0.3, -0.25) is 0 Å². The van der Waals surface area contributed by atoms with E-state index >= 15 is 0 Å². The minimum atomic E-state index is -0.506. The number of ether oxygens (including phenoxy) is 1. The number of benzene rings is 1. The summed E-state index contributed by atoms with van der Waals surface area (Å²) >= 11 is 5.63. The Bertz CT molecular complexity index is 315. The van der Waals surface area contributed by atoms with E-state index in [0.717, 1.165) is 0 Å². The van der Waals surface area contributed by atoms with E-state index in [1.165, 1.54) is 13.2 Å². The Morgan fingerprint density at radius 1 is 1.54 bits per heavy atom. The lowest BCUT2D eigenvalue weighted by molar-refractivity contribution is 0.410. The second-order valence-electron chi connectivity index (χ2n) is 2.81. The molecular formula is C9H11ClFNO. The highest BCUT2D eigenvalue weighted by Gasteiger charge is 2.10. The van der Waals surface area contributed by atoms with Crippen molar-refractivity contribution in [1.82, 2.24) is 0 Å². The maximum Gasteiger partial charge on any atom is 0.145 e. The second kappa shape index (κ2) is 3.94. The molecule has 0 aliphatic heterocycles. The van der Waals surface area contributed by atoms with Crippen molar-refractivity contribution in [3.05, 3.63) is 28.5 Å². The fourth-order valence-corrected chi connectivity index (χ4v) is 1.18. The van der Waals surface area contributed by atoms with Crippen LogP contribution in [0, 0.1) is 5.82 Å². The predicted octanol–water partition coefficient (Wildman–Crippen LogP) is 2.51. The molecule has 0 aromatic heterocycles. The molecule has 1 aromatic rings. The first kappa shape index (κ1) is 10.3. The summed E-state index contributed by atoms with van der Waals surface area (Å²) in [4.78, 5) is 0. The van der Waals surface area contributed by atoms with Crippen LogP contribution in [0.1, 0.15) is 18.5 Å². The first-order valence-corrected chi connectivity index (χ1v) is 4.22. The van der Waals surface area contributed by atoms with Crippen molar-refractivity contribution in [1.29, 1.82) is 0 Å². The minimum Gasteiger partial charge on any atom is -0.495 e. The average molecular weight is 204 g/mol. The van der Waals surface area contributed by atoms with Crippen molar-refractivity contribution >= 4 is 11.6 Å². The molecular weight excluding hydrogens is 193 g/mol. The van der Waals surface area contributed by atoms with Crippen LogP contribution in [0.5, 0.6) is 5.75 Å². The fourth-order valence-electron chi connectivity index (χ4n) is 0.995. The maximum atomic E-state index is 13.1. The molecule has 4 heteroatoms. The third kappa shape index (κ3) is 2.11. The van der Waals surface area contributed by atoms with Crippen molar-refractivity contribution in [3.8, 4) is 5.75 Å². The first-order valence-electron chi connectivity index (χ1n) is 3.84. The molecule has 0 saturated carbocycles. The normalized spacial score (nSPS) is 12.7. The van der Waals surface area contributed by atoms with E-state index in [4.69, 9.17) is 22.1 Å². The van der Waals surface area contributed by atoms with Crippen molar-refractivity contribution < 1.29 is 9.13 Å². The molecule has 1 atom stereocenters. The van der Waals surface area contributed by atoms with E-state index in [2.05, 4.69) is 0 Å². The fraction of sp³-hybridized carbons (Fsp3) is 0.333. The largest absolute Gasteiger partial charge is 0.495 e. The molecule has 2 nitrogen and oxygen atoms in total. The van der Waals surface area contributed by atoms with Gasteiger partial charge in [-0.15, -0.1) is 0 Å². The van der Waals surface area contributed by atoms with E-state index < -0.39 is 5.82 Å². The lowest BCUT2D eigenvalue weighted by Gasteiger charge is -2.09.